The Bertz CT molecular complexity index is 473. The van der Waals surface area contributed by atoms with E-state index in [-0.39, 0.29) is 0 Å². The molecular weight excluding hydrogens is 346 g/mol. The lowest BCUT2D eigenvalue weighted by Crippen LogP contribution is -2.50. The zero-order valence-corrected chi connectivity index (χ0v) is 18.8. The van der Waals surface area contributed by atoms with Gasteiger partial charge in [0.25, 0.3) is 0 Å². The third-order valence-corrected chi connectivity index (χ3v) is 5.16. The topological polar surface area (TPSA) is 40.1 Å². The van der Waals surface area contributed by atoms with Crippen molar-refractivity contribution in [3.63, 3.8) is 0 Å². The predicted molar refractivity (Wildman–Crippen MR) is 120 cm³/mol. The van der Waals surface area contributed by atoms with Crippen LogP contribution >= 0.6 is 0 Å². The van der Waals surface area contributed by atoms with Gasteiger partial charge < -0.3 is 14.4 Å². The molecule has 0 fully saturated rings. The van der Waals surface area contributed by atoms with Gasteiger partial charge >= 0.3 is 0 Å². The van der Waals surface area contributed by atoms with Crippen molar-refractivity contribution in [2.24, 2.45) is 0 Å². The van der Waals surface area contributed by atoms with Crippen LogP contribution in [-0.2, 0) is 4.79 Å². The van der Waals surface area contributed by atoms with E-state index >= 15 is 0 Å². The fraction of sp³-hybridized carbons (Fsp3) is 0.640. The number of aliphatic carboxylic acids is 1. The van der Waals surface area contributed by atoms with E-state index in [0.29, 0.717) is 0 Å². The molecule has 0 amide bonds. The Hall–Kier alpha value is -1.61. The fourth-order valence-corrected chi connectivity index (χ4v) is 3.37. The lowest BCUT2D eigenvalue weighted by Gasteiger charge is -2.39. The summed E-state index contributed by atoms with van der Waals surface area (Å²) in [7, 11) is 0. The average Bonchev–Trinajstić information content (AvgIpc) is 2.72. The number of unbranched alkanes of at least 4 members (excludes halogenated alkanes) is 4. The molecule has 0 aliphatic rings. The molecule has 0 aromatic heterocycles. The van der Waals surface area contributed by atoms with Crippen LogP contribution in [0.4, 0.5) is 0 Å². The number of quaternary nitrogens is 1. The van der Waals surface area contributed by atoms with Crippen molar-refractivity contribution < 1.29 is 14.4 Å². The summed E-state index contributed by atoms with van der Waals surface area (Å²) in [5.74, 6) is -1.17. The van der Waals surface area contributed by atoms with Crippen LogP contribution in [0.3, 0.4) is 0 Å². The third kappa shape index (κ3) is 13.5. The van der Waals surface area contributed by atoms with Crippen LogP contribution in [-0.4, -0.2) is 36.6 Å². The van der Waals surface area contributed by atoms with Gasteiger partial charge in [-0.1, -0.05) is 89.8 Å². The number of carbonyl (C=O) groups is 1. The smallest absolute Gasteiger partial charge is 0.0786 e. The molecule has 0 spiro atoms. The normalized spacial score (nSPS) is 11.3. The maximum absolute atomic E-state index is 9.97. The van der Waals surface area contributed by atoms with E-state index in [9.17, 15) is 9.90 Å². The van der Waals surface area contributed by atoms with Crippen molar-refractivity contribution in [1.82, 2.24) is 0 Å². The van der Waals surface area contributed by atoms with E-state index < -0.39 is 5.97 Å². The Kier molecular flexibility index (Phi) is 16.5. The van der Waals surface area contributed by atoms with E-state index in [1.165, 1.54) is 88.1 Å². The average molecular weight is 390 g/mol. The Balaban J connectivity index is 0.000000567. The van der Waals surface area contributed by atoms with Crippen LogP contribution in [0.5, 0.6) is 0 Å². The molecule has 160 valence electrons. The molecule has 0 saturated carbocycles. The minimum absolute atomic E-state index is 0.858. The molecule has 0 radical (unpaired) electrons. The Morgan fingerprint density at radius 2 is 1.18 bits per heavy atom. The molecule has 1 rings (SSSR count). The molecule has 0 bridgehead atoms. The van der Waals surface area contributed by atoms with Crippen LogP contribution in [0, 0.1) is 0 Å². The van der Waals surface area contributed by atoms with Gasteiger partial charge in [-0.05, 0) is 37.3 Å². The fourth-order valence-electron chi connectivity index (χ4n) is 3.37. The first kappa shape index (κ1) is 26.4. The van der Waals surface area contributed by atoms with Crippen molar-refractivity contribution in [3.8, 4) is 0 Å². The zero-order valence-electron chi connectivity index (χ0n) is 18.8. The second-order valence-corrected chi connectivity index (χ2v) is 7.71. The number of carboxylic acid groups (broad SMARTS) is 1. The zero-order chi connectivity index (χ0) is 21.1. The summed E-state index contributed by atoms with van der Waals surface area (Å²) in [6, 6.07) is 9.19. The summed E-state index contributed by atoms with van der Waals surface area (Å²) in [4.78, 5) is 9.97. The van der Waals surface area contributed by atoms with Gasteiger partial charge in [0.2, 0.25) is 0 Å². The quantitative estimate of drug-likeness (QED) is 0.313. The summed E-state index contributed by atoms with van der Waals surface area (Å²) < 4.78 is 1.42. The highest BCUT2D eigenvalue weighted by Gasteiger charge is 2.24. The van der Waals surface area contributed by atoms with Gasteiger partial charge in [0.05, 0.1) is 32.1 Å². The van der Waals surface area contributed by atoms with Crippen molar-refractivity contribution >= 4 is 12.0 Å². The molecule has 28 heavy (non-hydrogen) atoms. The number of hydrogen-bond acceptors (Lipinski definition) is 2. The van der Waals surface area contributed by atoms with Gasteiger partial charge in [0, 0.05) is 0 Å². The van der Waals surface area contributed by atoms with Crippen molar-refractivity contribution in [1.29, 1.82) is 0 Å². The van der Waals surface area contributed by atoms with Crippen LogP contribution in [0.1, 0.15) is 84.6 Å². The summed E-state index contributed by atoms with van der Waals surface area (Å²) >= 11 is 0. The number of benzene rings is 1. The Morgan fingerprint density at radius 3 is 1.50 bits per heavy atom. The molecule has 1 aromatic rings. The Labute approximate surface area is 174 Å². The van der Waals surface area contributed by atoms with E-state index in [0.717, 1.165) is 11.6 Å². The van der Waals surface area contributed by atoms with Gasteiger partial charge in [0.15, 0.2) is 0 Å². The first-order valence-corrected chi connectivity index (χ1v) is 11.3. The molecule has 0 saturated heterocycles. The second-order valence-electron chi connectivity index (χ2n) is 7.71. The van der Waals surface area contributed by atoms with Gasteiger partial charge in [-0.25, -0.2) is 0 Å². The summed E-state index contributed by atoms with van der Waals surface area (Å²) in [5, 5.41) is 9.97. The molecule has 0 aliphatic carbocycles. The highest BCUT2D eigenvalue weighted by Crippen LogP contribution is 2.16. The van der Waals surface area contributed by atoms with Crippen LogP contribution in [0.25, 0.3) is 6.08 Å². The van der Waals surface area contributed by atoms with Crippen LogP contribution in [0.15, 0.2) is 36.4 Å². The summed E-state index contributed by atoms with van der Waals surface area (Å²) in [5.41, 5.74) is 0.858. The largest absolute Gasteiger partial charge is 0.545 e. The Morgan fingerprint density at radius 1 is 0.786 bits per heavy atom. The summed E-state index contributed by atoms with van der Waals surface area (Å²) in [6.45, 7) is 15.0. The molecule has 3 heteroatoms. The van der Waals surface area contributed by atoms with Gasteiger partial charge in [-0.2, -0.15) is 0 Å². The van der Waals surface area contributed by atoms with Crippen molar-refractivity contribution in [2.75, 3.05) is 26.2 Å². The molecule has 0 atom stereocenters. The number of carbonyl (C=O) groups excluding carboxylic acids is 1. The molecule has 0 aliphatic heterocycles. The first-order valence-electron chi connectivity index (χ1n) is 11.3. The molecule has 0 unspecified atom stereocenters. The highest BCUT2D eigenvalue weighted by molar-refractivity contribution is 5.83. The third-order valence-electron chi connectivity index (χ3n) is 5.16. The predicted octanol–water partition coefficient (Wildman–Crippen LogP) is 5.45. The SMILES string of the molecule is CCCC[N+](CCCC)(CCCC)CCCC.O=C([O-])/C=C/c1ccccc1. The summed E-state index contributed by atoms with van der Waals surface area (Å²) in [6.07, 6.45) is 13.6. The second kappa shape index (κ2) is 17.5. The minimum Gasteiger partial charge on any atom is -0.545 e. The van der Waals surface area contributed by atoms with E-state index in [2.05, 4.69) is 27.7 Å². The monoisotopic (exact) mass is 389 g/mol. The number of hydrogen-bond donors (Lipinski definition) is 0. The van der Waals surface area contributed by atoms with Gasteiger partial charge in [-0.15, -0.1) is 0 Å². The molecule has 0 N–H and O–H groups in total. The minimum atomic E-state index is -1.17. The van der Waals surface area contributed by atoms with E-state index in [1.54, 1.807) is 0 Å². The van der Waals surface area contributed by atoms with Crippen LogP contribution < -0.4 is 5.11 Å². The molecule has 3 nitrogen and oxygen atoms in total. The number of rotatable bonds is 14. The maximum atomic E-state index is 9.97. The standard InChI is InChI=1S/C16H36N.C9H8O2/c1-5-9-13-17(14-10-6-2,15-11-7-3)16-12-8-4;10-9(11)7-6-8-4-2-1-3-5-8/h5-16H2,1-4H3;1-7H,(H,10,11)/q+1;/p-1/b;7-6+. The molecule has 0 heterocycles. The van der Waals surface area contributed by atoms with Crippen molar-refractivity contribution in [2.45, 2.75) is 79.1 Å². The van der Waals surface area contributed by atoms with Crippen LogP contribution in [0.2, 0.25) is 0 Å². The van der Waals surface area contributed by atoms with Crippen molar-refractivity contribution in [3.05, 3.63) is 42.0 Å². The number of nitrogens with zero attached hydrogens (tertiary/aromatic N) is 1. The first-order chi connectivity index (χ1) is 13.5. The maximum Gasteiger partial charge on any atom is 0.0786 e. The van der Waals surface area contributed by atoms with Gasteiger partial charge in [0.1, 0.15) is 0 Å². The lowest BCUT2D eigenvalue weighted by atomic mass is 10.1. The lowest BCUT2D eigenvalue weighted by molar-refractivity contribution is -0.929. The molecular formula is C25H43NO2. The van der Waals surface area contributed by atoms with E-state index in [1.807, 2.05) is 30.3 Å². The molecule has 1 aromatic carbocycles. The van der Waals surface area contributed by atoms with Gasteiger partial charge in [-0.3, -0.25) is 0 Å². The number of carboxylic acids is 1. The van der Waals surface area contributed by atoms with E-state index in [4.69, 9.17) is 0 Å². The highest BCUT2D eigenvalue weighted by atomic mass is 16.4.